The van der Waals surface area contributed by atoms with E-state index in [0.29, 0.717) is 29.8 Å². The van der Waals surface area contributed by atoms with Gasteiger partial charge < -0.3 is 20.7 Å². The van der Waals surface area contributed by atoms with Crippen molar-refractivity contribution in [3.63, 3.8) is 0 Å². The van der Waals surface area contributed by atoms with E-state index in [1.54, 1.807) is 0 Å². The van der Waals surface area contributed by atoms with Gasteiger partial charge in [0.1, 0.15) is 24.5 Å². The van der Waals surface area contributed by atoms with Crippen LogP contribution in [-0.2, 0) is 11.2 Å². The first kappa shape index (κ1) is 13.2. The van der Waals surface area contributed by atoms with E-state index in [0.717, 1.165) is 5.82 Å². The summed E-state index contributed by atoms with van der Waals surface area (Å²) in [6.07, 6.45) is 0.747. The number of nitrogens with zero attached hydrogens (tertiary/aromatic N) is 4. The van der Waals surface area contributed by atoms with Crippen LogP contribution in [-0.4, -0.2) is 48.5 Å². The van der Waals surface area contributed by atoms with Crippen molar-refractivity contribution in [3.8, 4) is 0 Å². The van der Waals surface area contributed by atoms with E-state index in [9.17, 15) is 10.2 Å². The van der Waals surface area contributed by atoms with Gasteiger partial charge in [-0.3, -0.25) is 4.57 Å². The maximum absolute atomic E-state index is 9.87. The number of nitrogens with two attached hydrogens (primary N) is 1. The molecule has 0 saturated carbocycles. The number of aryl methyl sites for hydroxylation is 1. The van der Waals surface area contributed by atoms with Crippen LogP contribution in [0.25, 0.3) is 11.2 Å². The smallest absolute Gasteiger partial charge is 0.167 e. The van der Waals surface area contributed by atoms with Crippen molar-refractivity contribution in [2.45, 2.75) is 38.2 Å². The summed E-state index contributed by atoms with van der Waals surface area (Å²) in [5.41, 5.74) is 6.94. The number of hydrogen-bond donors (Lipinski definition) is 3. The maximum Gasteiger partial charge on any atom is 0.167 e. The molecule has 0 spiro atoms. The average molecular weight is 279 g/mol. The molecule has 2 aromatic rings. The quantitative estimate of drug-likeness (QED) is 0.700. The number of nitrogen functional groups attached to an aromatic ring is 1. The molecule has 8 heteroatoms. The molecule has 3 heterocycles. The van der Waals surface area contributed by atoms with Crippen LogP contribution in [0.2, 0.25) is 0 Å². The molecule has 0 bridgehead atoms. The SMILES string of the molecule is CCc1nc2c(N)ncnc2n1[C@H]1C[C@H](O)[C@@H](CO)O1. The molecule has 1 aliphatic heterocycles. The minimum Gasteiger partial charge on any atom is -0.394 e. The summed E-state index contributed by atoms with van der Waals surface area (Å²) >= 11 is 0. The highest BCUT2D eigenvalue weighted by molar-refractivity contribution is 5.81. The van der Waals surface area contributed by atoms with Gasteiger partial charge in [0.25, 0.3) is 0 Å². The monoisotopic (exact) mass is 279 g/mol. The lowest BCUT2D eigenvalue weighted by molar-refractivity contribution is -0.0439. The largest absolute Gasteiger partial charge is 0.394 e. The highest BCUT2D eigenvalue weighted by Crippen LogP contribution is 2.32. The Morgan fingerprint density at radius 3 is 2.95 bits per heavy atom. The van der Waals surface area contributed by atoms with Crippen LogP contribution in [0.5, 0.6) is 0 Å². The second kappa shape index (κ2) is 4.97. The minimum atomic E-state index is -0.702. The molecule has 1 fully saturated rings. The molecule has 0 unspecified atom stereocenters. The zero-order valence-electron chi connectivity index (χ0n) is 11.1. The van der Waals surface area contributed by atoms with E-state index in [4.69, 9.17) is 10.5 Å². The molecule has 20 heavy (non-hydrogen) atoms. The zero-order valence-corrected chi connectivity index (χ0v) is 11.1. The molecule has 8 nitrogen and oxygen atoms in total. The Balaban J connectivity index is 2.09. The van der Waals surface area contributed by atoms with Crippen molar-refractivity contribution >= 4 is 17.0 Å². The van der Waals surface area contributed by atoms with Crippen LogP contribution in [0.15, 0.2) is 6.33 Å². The van der Waals surface area contributed by atoms with Crippen molar-refractivity contribution in [3.05, 3.63) is 12.2 Å². The number of rotatable bonds is 3. The summed E-state index contributed by atoms with van der Waals surface area (Å²) in [7, 11) is 0. The normalized spacial score (nSPS) is 26.4. The summed E-state index contributed by atoms with van der Waals surface area (Å²) in [5.74, 6) is 1.09. The molecule has 0 aliphatic carbocycles. The van der Waals surface area contributed by atoms with Crippen LogP contribution >= 0.6 is 0 Å². The lowest BCUT2D eigenvalue weighted by Gasteiger charge is -2.16. The van der Waals surface area contributed by atoms with Gasteiger partial charge in [0.2, 0.25) is 0 Å². The molecular formula is C12H17N5O3. The highest BCUT2D eigenvalue weighted by Gasteiger charge is 2.36. The van der Waals surface area contributed by atoms with Gasteiger partial charge in [0.05, 0.1) is 12.7 Å². The summed E-state index contributed by atoms with van der Waals surface area (Å²) in [6.45, 7) is 1.75. The Kier molecular flexibility index (Phi) is 3.28. The third kappa shape index (κ3) is 1.92. The first-order valence-electron chi connectivity index (χ1n) is 6.57. The molecular weight excluding hydrogens is 262 g/mol. The Morgan fingerprint density at radius 1 is 1.50 bits per heavy atom. The molecule has 3 atom stereocenters. The minimum absolute atomic E-state index is 0.219. The summed E-state index contributed by atoms with van der Waals surface area (Å²) in [5, 5.41) is 19.1. The van der Waals surface area contributed by atoms with Crippen molar-refractivity contribution in [2.24, 2.45) is 0 Å². The fourth-order valence-corrected chi connectivity index (χ4v) is 2.56. The van der Waals surface area contributed by atoms with Gasteiger partial charge >= 0.3 is 0 Å². The molecule has 3 rings (SSSR count). The number of fused-ring (bicyclic) bond motifs is 1. The third-order valence-corrected chi connectivity index (χ3v) is 3.57. The van der Waals surface area contributed by atoms with E-state index in [1.807, 2.05) is 11.5 Å². The fraction of sp³-hybridized carbons (Fsp3) is 0.583. The van der Waals surface area contributed by atoms with Crippen LogP contribution in [0.1, 0.15) is 25.4 Å². The molecule has 4 N–H and O–H groups in total. The zero-order chi connectivity index (χ0) is 14.3. The molecule has 108 valence electrons. The second-order valence-corrected chi connectivity index (χ2v) is 4.80. The van der Waals surface area contributed by atoms with Gasteiger partial charge in [0.15, 0.2) is 17.0 Å². The van der Waals surface area contributed by atoms with Crippen LogP contribution in [0, 0.1) is 0 Å². The first-order valence-corrected chi connectivity index (χ1v) is 6.57. The van der Waals surface area contributed by atoms with E-state index in [-0.39, 0.29) is 6.61 Å². The predicted octanol–water partition coefficient (Wildman–Crippen LogP) is -0.388. The Labute approximate surface area is 115 Å². The van der Waals surface area contributed by atoms with E-state index >= 15 is 0 Å². The van der Waals surface area contributed by atoms with Gasteiger partial charge in [-0.2, -0.15) is 0 Å². The number of hydrogen-bond acceptors (Lipinski definition) is 7. The van der Waals surface area contributed by atoms with Crippen molar-refractivity contribution in [2.75, 3.05) is 12.3 Å². The summed E-state index contributed by atoms with van der Waals surface area (Å²) in [4.78, 5) is 12.6. The van der Waals surface area contributed by atoms with Gasteiger partial charge in [-0.25, -0.2) is 15.0 Å². The van der Waals surface area contributed by atoms with Crippen LogP contribution in [0.3, 0.4) is 0 Å². The fourth-order valence-electron chi connectivity index (χ4n) is 2.56. The number of anilines is 1. The summed E-state index contributed by atoms with van der Waals surface area (Å²) < 4.78 is 7.51. The van der Waals surface area contributed by atoms with E-state index < -0.39 is 18.4 Å². The predicted molar refractivity (Wildman–Crippen MR) is 70.7 cm³/mol. The molecule has 2 aromatic heterocycles. The number of imidazole rings is 1. The third-order valence-electron chi connectivity index (χ3n) is 3.57. The van der Waals surface area contributed by atoms with Crippen LogP contribution < -0.4 is 5.73 Å². The first-order chi connectivity index (χ1) is 9.65. The standard InChI is InChI=1S/C12H17N5O3/c1-2-8-16-10-11(13)14-5-15-12(10)17(8)9-3-6(19)7(4-18)20-9/h5-7,9,18-19H,2-4H2,1H3,(H2,13,14,15)/t6-,7+,9+/m0/s1. The topological polar surface area (TPSA) is 119 Å². The summed E-state index contributed by atoms with van der Waals surface area (Å²) in [6, 6.07) is 0. The molecule has 0 aromatic carbocycles. The van der Waals surface area contributed by atoms with Crippen molar-refractivity contribution in [1.82, 2.24) is 19.5 Å². The van der Waals surface area contributed by atoms with E-state index in [1.165, 1.54) is 6.33 Å². The lowest BCUT2D eigenvalue weighted by atomic mass is 10.2. The Morgan fingerprint density at radius 2 is 2.30 bits per heavy atom. The molecule has 1 saturated heterocycles. The van der Waals surface area contributed by atoms with E-state index in [2.05, 4.69) is 15.0 Å². The molecule has 0 radical (unpaired) electrons. The maximum atomic E-state index is 9.87. The Hall–Kier alpha value is -1.77. The van der Waals surface area contributed by atoms with Gasteiger partial charge in [0, 0.05) is 12.8 Å². The molecule has 1 aliphatic rings. The average Bonchev–Trinajstić information content (AvgIpc) is 2.99. The van der Waals surface area contributed by atoms with Crippen molar-refractivity contribution in [1.29, 1.82) is 0 Å². The highest BCUT2D eigenvalue weighted by atomic mass is 16.5. The lowest BCUT2D eigenvalue weighted by Crippen LogP contribution is -2.24. The molecule has 0 amide bonds. The number of aliphatic hydroxyl groups is 2. The van der Waals surface area contributed by atoms with Gasteiger partial charge in [-0.15, -0.1) is 0 Å². The van der Waals surface area contributed by atoms with Gasteiger partial charge in [-0.05, 0) is 0 Å². The van der Waals surface area contributed by atoms with Crippen molar-refractivity contribution < 1.29 is 14.9 Å². The number of aromatic nitrogens is 4. The Bertz CT molecular complexity index is 629. The second-order valence-electron chi connectivity index (χ2n) is 4.80. The number of ether oxygens (including phenoxy) is 1. The van der Waals surface area contributed by atoms with Gasteiger partial charge in [-0.1, -0.05) is 6.92 Å². The van der Waals surface area contributed by atoms with Crippen LogP contribution in [0.4, 0.5) is 5.82 Å². The number of aliphatic hydroxyl groups excluding tert-OH is 2.